The van der Waals surface area contributed by atoms with Crippen molar-refractivity contribution < 1.29 is 13.2 Å². The fourth-order valence-electron chi connectivity index (χ4n) is 1.76. The predicted octanol–water partition coefficient (Wildman–Crippen LogP) is 3.45. The van der Waals surface area contributed by atoms with Gasteiger partial charge in [0.1, 0.15) is 0 Å². The molecule has 0 aromatic heterocycles. The second kappa shape index (κ2) is 6.10. The summed E-state index contributed by atoms with van der Waals surface area (Å²) in [4.78, 5) is 11.8. The van der Waals surface area contributed by atoms with Crippen molar-refractivity contribution in [1.29, 1.82) is 0 Å². The summed E-state index contributed by atoms with van der Waals surface area (Å²) in [5.41, 5.74) is 0.00851. The molecule has 1 saturated carbocycles. The van der Waals surface area contributed by atoms with E-state index in [1.807, 2.05) is 0 Å². The molecular weight excluding hydrogens is 345 g/mol. The van der Waals surface area contributed by atoms with Crippen molar-refractivity contribution in [2.75, 3.05) is 6.54 Å². The van der Waals surface area contributed by atoms with Crippen LogP contribution in [-0.2, 0) is 9.05 Å². The molecule has 1 amide bonds. The Morgan fingerprint density at radius 2 is 1.95 bits per heavy atom. The smallest absolute Gasteiger partial charge is 0.261 e. The first-order valence-electron chi connectivity index (χ1n) is 6.01. The molecule has 1 fully saturated rings. The first-order chi connectivity index (χ1) is 9.29. The van der Waals surface area contributed by atoms with Crippen molar-refractivity contribution in [3.63, 3.8) is 0 Å². The van der Waals surface area contributed by atoms with E-state index in [0.29, 0.717) is 12.5 Å². The van der Waals surface area contributed by atoms with Gasteiger partial charge >= 0.3 is 0 Å². The highest BCUT2D eigenvalue weighted by atomic mass is 35.7. The van der Waals surface area contributed by atoms with Gasteiger partial charge in [-0.1, -0.05) is 36.0 Å². The van der Waals surface area contributed by atoms with Gasteiger partial charge in [0.25, 0.3) is 15.0 Å². The lowest BCUT2D eigenvalue weighted by molar-refractivity contribution is 0.0952. The fourth-order valence-corrected chi connectivity index (χ4v) is 3.03. The standard InChI is InChI=1S/C12H12Cl3NO3S/c13-10-6-8(20(15,18)19)5-9(11(10)14)12(17)16-4-3-7-1-2-7/h5-7H,1-4H2,(H,16,17). The topological polar surface area (TPSA) is 63.2 Å². The predicted molar refractivity (Wildman–Crippen MR) is 79.2 cm³/mol. The van der Waals surface area contributed by atoms with Gasteiger partial charge in [0, 0.05) is 17.2 Å². The van der Waals surface area contributed by atoms with E-state index in [1.165, 1.54) is 12.8 Å². The van der Waals surface area contributed by atoms with Gasteiger partial charge in [-0.15, -0.1) is 0 Å². The Labute approximate surface area is 131 Å². The molecule has 0 radical (unpaired) electrons. The molecule has 0 spiro atoms. The van der Waals surface area contributed by atoms with Crippen LogP contribution in [0.15, 0.2) is 17.0 Å². The molecule has 4 nitrogen and oxygen atoms in total. The Morgan fingerprint density at radius 3 is 2.50 bits per heavy atom. The molecule has 0 saturated heterocycles. The normalized spacial score (nSPS) is 15.2. The lowest BCUT2D eigenvalue weighted by Crippen LogP contribution is -2.25. The minimum Gasteiger partial charge on any atom is -0.352 e. The van der Waals surface area contributed by atoms with Crippen LogP contribution in [0.5, 0.6) is 0 Å². The van der Waals surface area contributed by atoms with E-state index in [1.54, 1.807) is 0 Å². The number of amides is 1. The minimum atomic E-state index is -3.97. The van der Waals surface area contributed by atoms with E-state index in [9.17, 15) is 13.2 Å². The first-order valence-corrected chi connectivity index (χ1v) is 9.07. The third-order valence-electron chi connectivity index (χ3n) is 3.06. The molecule has 0 heterocycles. The van der Waals surface area contributed by atoms with Crippen molar-refractivity contribution in [3.05, 3.63) is 27.7 Å². The SMILES string of the molecule is O=C(NCCC1CC1)c1cc(S(=O)(=O)Cl)cc(Cl)c1Cl. The summed E-state index contributed by atoms with van der Waals surface area (Å²) in [5.74, 6) is 0.226. The van der Waals surface area contributed by atoms with Gasteiger partial charge in [0.15, 0.2) is 0 Å². The van der Waals surface area contributed by atoms with Crippen molar-refractivity contribution in [1.82, 2.24) is 5.32 Å². The molecule has 0 atom stereocenters. The summed E-state index contributed by atoms with van der Waals surface area (Å²) in [6.45, 7) is 0.523. The van der Waals surface area contributed by atoms with Crippen LogP contribution in [0.1, 0.15) is 29.6 Å². The summed E-state index contributed by atoms with van der Waals surface area (Å²) in [6, 6.07) is 2.25. The van der Waals surface area contributed by atoms with E-state index in [0.717, 1.165) is 18.6 Å². The van der Waals surface area contributed by atoms with Crippen LogP contribution < -0.4 is 5.32 Å². The molecule has 1 aliphatic rings. The van der Waals surface area contributed by atoms with Crippen LogP contribution in [0.25, 0.3) is 0 Å². The van der Waals surface area contributed by atoms with Crippen LogP contribution in [0.2, 0.25) is 10.0 Å². The second-order valence-electron chi connectivity index (χ2n) is 4.69. The van der Waals surface area contributed by atoms with E-state index in [2.05, 4.69) is 5.32 Å². The molecule has 8 heteroatoms. The van der Waals surface area contributed by atoms with E-state index < -0.39 is 15.0 Å². The Kier molecular flexibility index (Phi) is 4.84. The second-order valence-corrected chi connectivity index (χ2v) is 8.04. The van der Waals surface area contributed by atoms with Crippen molar-refractivity contribution in [2.45, 2.75) is 24.2 Å². The molecule has 0 aliphatic heterocycles. The van der Waals surface area contributed by atoms with Gasteiger partial charge < -0.3 is 5.32 Å². The molecule has 1 aromatic carbocycles. The summed E-state index contributed by atoms with van der Waals surface area (Å²) in [6.07, 6.45) is 3.30. The van der Waals surface area contributed by atoms with Crippen molar-refractivity contribution in [2.24, 2.45) is 5.92 Å². The summed E-state index contributed by atoms with van der Waals surface area (Å²) in [5, 5.41) is 2.68. The molecule has 2 rings (SSSR count). The van der Waals surface area contributed by atoms with Crippen LogP contribution in [0, 0.1) is 5.92 Å². The number of rotatable bonds is 5. The Hall–Kier alpha value is -0.490. The summed E-state index contributed by atoms with van der Waals surface area (Å²) >= 11 is 11.8. The van der Waals surface area contributed by atoms with Crippen molar-refractivity contribution >= 4 is 48.8 Å². The fraction of sp³-hybridized carbons (Fsp3) is 0.417. The highest BCUT2D eigenvalue weighted by Gasteiger charge is 2.22. The van der Waals surface area contributed by atoms with Crippen molar-refractivity contribution in [3.8, 4) is 0 Å². The number of benzene rings is 1. The van der Waals surface area contributed by atoms with Gasteiger partial charge in [-0.25, -0.2) is 8.42 Å². The largest absolute Gasteiger partial charge is 0.352 e. The first kappa shape index (κ1) is 15.9. The number of hydrogen-bond donors (Lipinski definition) is 1. The van der Waals surface area contributed by atoms with E-state index >= 15 is 0 Å². The molecule has 1 aliphatic carbocycles. The number of hydrogen-bond acceptors (Lipinski definition) is 3. The average molecular weight is 357 g/mol. The molecule has 0 unspecified atom stereocenters. The monoisotopic (exact) mass is 355 g/mol. The Morgan fingerprint density at radius 1 is 1.30 bits per heavy atom. The van der Waals surface area contributed by atoms with Crippen LogP contribution >= 0.6 is 33.9 Å². The number of nitrogens with one attached hydrogen (secondary N) is 1. The molecule has 110 valence electrons. The van der Waals surface area contributed by atoms with Crippen LogP contribution in [0.3, 0.4) is 0 Å². The number of halogens is 3. The highest BCUT2D eigenvalue weighted by Crippen LogP contribution is 2.32. The Bertz CT molecular complexity index is 642. The zero-order valence-corrected chi connectivity index (χ0v) is 13.4. The zero-order valence-electron chi connectivity index (χ0n) is 10.3. The molecule has 20 heavy (non-hydrogen) atoms. The minimum absolute atomic E-state index is 0.00851. The number of carbonyl (C=O) groups is 1. The van der Waals surface area contributed by atoms with E-state index in [-0.39, 0.29) is 20.5 Å². The maximum Gasteiger partial charge on any atom is 0.261 e. The third kappa shape index (κ3) is 4.01. The maximum atomic E-state index is 12.0. The summed E-state index contributed by atoms with van der Waals surface area (Å²) in [7, 11) is 1.28. The molecule has 1 aromatic rings. The van der Waals surface area contributed by atoms with Gasteiger partial charge in [-0.05, 0) is 24.5 Å². The Balaban J connectivity index is 2.20. The third-order valence-corrected chi connectivity index (χ3v) is 5.20. The average Bonchev–Trinajstić information content (AvgIpc) is 3.15. The lowest BCUT2D eigenvalue weighted by Gasteiger charge is -2.09. The lowest BCUT2D eigenvalue weighted by atomic mass is 10.2. The highest BCUT2D eigenvalue weighted by molar-refractivity contribution is 8.13. The zero-order chi connectivity index (χ0) is 14.9. The van der Waals surface area contributed by atoms with Gasteiger partial charge in [-0.3, -0.25) is 4.79 Å². The van der Waals surface area contributed by atoms with Gasteiger partial charge in [0.05, 0.1) is 20.5 Å². The van der Waals surface area contributed by atoms with E-state index in [4.69, 9.17) is 33.9 Å². The van der Waals surface area contributed by atoms with Gasteiger partial charge in [-0.2, -0.15) is 0 Å². The van der Waals surface area contributed by atoms with Gasteiger partial charge in [0.2, 0.25) is 0 Å². The number of carbonyl (C=O) groups excluding carboxylic acids is 1. The molecular formula is C12H12Cl3NO3S. The quantitative estimate of drug-likeness (QED) is 0.822. The molecule has 1 N–H and O–H groups in total. The van der Waals surface area contributed by atoms with Crippen LogP contribution in [-0.4, -0.2) is 20.9 Å². The summed E-state index contributed by atoms with van der Waals surface area (Å²) < 4.78 is 22.6. The molecule has 0 bridgehead atoms. The maximum absolute atomic E-state index is 12.0. The van der Waals surface area contributed by atoms with Crippen LogP contribution in [0.4, 0.5) is 0 Å².